The van der Waals surface area contributed by atoms with Crippen molar-refractivity contribution in [3.8, 4) is 5.69 Å². The van der Waals surface area contributed by atoms with Gasteiger partial charge in [0.05, 0.1) is 32.1 Å². The second-order valence-electron chi connectivity index (χ2n) is 4.16. The predicted octanol–water partition coefficient (Wildman–Crippen LogP) is 1.48. The van der Waals surface area contributed by atoms with Gasteiger partial charge < -0.3 is 5.73 Å². The highest BCUT2D eigenvalue weighted by Gasteiger charge is 2.15. The Kier molecular flexibility index (Phi) is 3.41. The molecular weight excluding hydrogens is 332 g/mol. The maximum absolute atomic E-state index is 11.4. The van der Waals surface area contributed by atoms with E-state index in [9.17, 15) is 8.42 Å². The van der Waals surface area contributed by atoms with Gasteiger partial charge in [0.15, 0.2) is 0 Å². The summed E-state index contributed by atoms with van der Waals surface area (Å²) < 4.78 is 25.2. The van der Waals surface area contributed by atoms with Crippen LogP contribution < -0.4 is 10.9 Å². The highest BCUT2D eigenvalue weighted by atomic mass is 79.9. The summed E-state index contributed by atoms with van der Waals surface area (Å²) in [7, 11) is -3.77. The van der Waals surface area contributed by atoms with Gasteiger partial charge in [0.25, 0.3) is 0 Å². The van der Waals surface area contributed by atoms with Gasteiger partial charge >= 0.3 is 0 Å². The molecule has 0 bridgehead atoms. The third kappa shape index (κ3) is 2.51. The Bertz CT molecular complexity index is 752. The molecule has 0 unspecified atom stereocenters. The van der Waals surface area contributed by atoms with Crippen LogP contribution in [0.15, 0.2) is 27.6 Å². The van der Waals surface area contributed by atoms with Crippen LogP contribution in [0.5, 0.6) is 0 Å². The van der Waals surface area contributed by atoms with Crippen molar-refractivity contribution in [2.24, 2.45) is 5.14 Å². The lowest BCUT2D eigenvalue weighted by Gasteiger charge is -2.09. The standard InChI is InChI=1S/C11H13BrN4O2S/c1-6-11(12)7(2)16(15-6)10-5-8(19(14,17)18)3-4-9(10)13/h3-5H,13H2,1-2H3,(H2,14,17,18). The van der Waals surface area contributed by atoms with Gasteiger partial charge in [0.1, 0.15) is 0 Å². The molecule has 0 saturated heterocycles. The summed E-state index contributed by atoms with van der Waals surface area (Å²) in [4.78, 5) is 0.000348. The Hall–Kier alpha value is -1.38. The number of nitrogens with two attached hydrogens (primary N) is 2. The minimum Gasteiger partial charge on any atom is -0.397 e. The fourth-order valence-corrected chi connectivity index (χ4v) is 2.52. The lowest BCUT2D eigenvalue weighted by atomic mass is 10.2. The van der Waals surface area contributed by atoms with Crippen molar-refractivity contribution in [3.63, 3.8) is 0 Å². The van der Waals surface area contributed by atoms with E-state index < -0.39 is 10.0 Å². The second kappa shape index (κ2) is 4.62. The Balaban J connectivity index is 2.71. The van der Waals surface area contributed by atoms with Gasteiger partial charge in [-0.3, -0.25) is 0 Å². The number of aryl methyl sites for hydroxylation is 1. The first-order valence-corrected chi connectivity index (χ1v) is 7.70. The van der Waals surface area contributed by atoms with Crippen LogP contribution in [0.3, 0.4) is 0 Å². The summed E-state index contributed by atoms with van der Waals surface area (Å²) in [6.07, 6.45) is 0. The molecule has 0 fully saturated rings. The van der Waals surface area contributed by atoms with Crippen molar-refractivity contribution < 1.29 is 8.42 Å². The quantitative estimate of drug-likeness (QED) is 0.805. The van der Waals surface area contributed by atoms with Crippen LogP contribution in [0, 0.1) is 13.8 Å². The molecular formula is C11H13BrN4O2S. The molecule has 4 N–H and O–H groups in total. The SMILES string of the molecule is Cc1nn(-c2cc(S(N)(=O)=O)ccc2N)c(C)c1Br. The number of hydrogen-bond donors (Lipinski definition) is 2. The molecule has 1 heterocycles. The Morgan fingerprint density at radius 1 is 1.32 bits per heavy atom. The molecule has 2 rings (SSSR count). The summed E-state index contributed by atoms with van der Waals surface area (Å²) >= 11 is 3.41. The Morgan fingerprint density at radius 2 is 1.95 bits per heavy atom. The van der Waals surface area contributed by atoms with Gasteiger partial charge in [-0.05, 0) is 48.0 Å². The number of anilines is 1. The normalized spacial score (nSPS) is 11.8. The summed E-state index contributed by atoms with van der Waals surface area (Å²) in [5.74, 6) is 0. The molecule has 8 heteroatoms. The molecule has 0 atom stereocenters. The molecule has 0 radical (unpaired) electrons. The first kappa shape index (κ1) is 14.0. The monoisotopic (exact) mass is 344 g/mol. The zero-order valence-corrected chi connectivity index (χ0v) is 12.8. The zero-order valence-electron chi connectivity index (χ0n) is 10.4. The first-order chi connectivity index (χ1) is 8.71. The smallest absolute Gasteiger partial charge is 0.238 e. The minimum absolute atomic E-state index is 0.000348. The van der Waals surface area contributed by atoms with Crippen LogP contribution in [0.2, 0.25) is 0 Å². The fraction of sp³-hybridized carbons (Fsp3) is 0.182. The minimum atomic E-state index is -3.77. The number of aromatic nitrogens is 2. The lowest BCUT2D eigenvalue weighted by Crippen LogP contribution is -2.13. The van der Waals surface area contributed by atoms with Crippen molar-refractivity contribution >= 4 is 31.6 Å². The number of primary sulfonamides is 1. The van der Waals surface area contributed by atoms with Crippen molar-refractivity contribution in [1.29, 1.82) is 0 Å². The maximum Gasteiger partial charge on any atom is 0.238 e. The van der Waals surface area contributed by atoms with E-state index in [2.05, 4.69) is 21.0 Å². The molecule has 6 nitrogen and oxygen atoms in total. The molecule has 102 valence electrons. The molecule has 2 aromatic rings. The maximum atomic E-state index is 11.4. The van der Waals surface area contributed by atoms with Gasteiger partial charge in [-0.15, -0.1) is 0 Å². The lowest BCUT2D eigenvalue weighted by molar-refractivity contribution is 0.597. The fourth-order valence-electron chi connectivity index (χ4n) is 1.74. The average Bonchev–Trinajstić information content (AvgIpc) is 2.56. The van der Waals surface area contributed by atoms with Gasteiger partial charge in [-0.1, -0.05) is 0 Å². The van der Waals surface area contributed by atoms with E-state index in [-0.39, 0.29) is 4.90 Å². The van der Waals surface area contributed by atoms with E-state index in [0.717, 1.165) is 15.9 Å². The van der Waals surface area contributed by atoms with Gasteiger partial charge in [-0.25, -0.2) is 18.2 Å². The number of rotatable bonds is 2. The largest absolute Gasteiger partial charge is 0.397 e. The van der Waals surface area contributed by atoms with E-state index in [1.165, 1.54) is 18.2 Å². The molecule has 0 aliphatic rings. The van der Waals surface area contributed by atoms with Crippen LogP contribution in [-0.2, 0) is 10.0 Å². The van der Waals surface area contributed by atoms with Crippen LogP contribution in [-0.4, -0.2) is 18.2 Å². The number of sulfonamides is 1. The molecule has 0 spiro atoms. The Labute approximate surface area is 119 Å². The van der Waals surface area contributed by atoms with Crippen molar-refractivity contribution in [1.82, 2.24) is 9.78 Å². The number of nitrogens with zero attached hydrogens (tertiary/aromatic N) is 2. The van der Waals surface area contributed by atoms with Gasteiger partial charge in [0, 0.05) is 0 Å². The van der Waals surface area contributed by atoms with Crippen molar-refractivity contribution in [2.75, 3.05) is 5.73 Å². The molecule has 0 amide bonds. The van der Waals surface area contributed by atoms with E-state index >= 15 is 0 Å². The molecule has 0 saturated carbocycles. The molecule has 1 aromatic carbocycles. The van der Waals surface area contributed by atoms with Crippen molar-refractivity contribution in [2.45, 2.75) is 18.7 Å². The molecule has 0 aliphatic carbocycles. The van der Waals surface area contributed by atoms with Gasteiger partial charge in [0.2, 0.25) is 10.0 Å². The summed E-state index contributed by atoms with van der Waals surface area (Å²) in [6, 6.07) is 4.28. The third-order valence-corrected chi connectivity index (χ3v) is 4.82. The third-order valence-electron chi connectivity index (χ3n) is 2.76. The number of halogens is 1. The number of hydrogen-bond acceptors (Lipinski definition) is 4. The van der Waals surface area contributed by atoms with E-state index in [0.29, 0.717) is 11.4 Å². The van der Waals surface area contributed by atoms with Crippen molar-refractivity contribution in [3.05, 3.63) is 34.1 Å². The summed E-state index contributed by atoms with van der Waals surface area (Å²) in [6.45, 7) is 3.69. The molecule has 0 aliphatic heterocycles. The van der Waals surface area contributed by atoms with Gasteiger partial charge in [-0.2, -0.15) is 5.10 Å². The highest BCUT2D eigenvalue weighted by molar-refractivity contribution is 9.10. The van der Waals surface area contributed by atoms with Crippen LogP contribution in [0.1, 0.15) is 11.4 Å². The molecule has 19 heavy (non-hydrogen) atoms. The zero-order chi connectivity index (χ0) is 14.4. The summed E-state index contributed by atoms with van der Waals surface area (Å²) in [5, 5.41) is 9.44. The second-order valence-corrected chi connectivity index (χ2v) is 6.52. The van der Waals surface area contributed by atoms with E-state index in [4.69, 9.17) is 10.9 Å². The Morgan fingerprint density at radius 3 is 2.42 bits per heavy atom. The van der Waals surface area contributed by atoms with E-state index in [1.54, 1.807) is 4.68 Å². The van der Waals surface area contributed by atoms with Crippen LogP contribution >= 0.6 is 15.9 Å². The summed E-state index contributed by atoms with van der Waals surface area (Å²) in [5.41, 5.74) is 8.41. The topological polar surface area (TPSA) is 104 Å². The average molecular weight is 345 g/mol. The predicted molar refractivity (Wildman–Crippen MR) is 76.5 cm³/mol. The highest BCUT2D eigenvalue weighted by Crippen LogP contribution is 2.27. The number of benzene rings is 1. The van der Waals surface area contributed by atoms with Crippen LogP contribution in [0.4, 0.5) is 5.69 Å². The van der Waals surface area contributed by atoms with Crippen LogP contribution in [0.25, 0.3) is 5.69 Å². The molecule has 1 aromatic heterocycles. The first-order valence-electron chi connectivity index (χ1n) is 5.36. The van der Waals surface area contributed by atoms with E-state index in [1.807, 2.05) is 13.8 Å². The number of nitrogen functional groups attached to an aromatic ring is 1.